The molecule has 3 unspecified atom stereocenters. The Morgan fingerprint density at radius 2 is 2.06 bits per heavy atom. The number of hydrogen-bond donors (Lipinski definition) is 2. The minimum absolute atomic E-state index is 0.150. The molecule has 0 aliphatic heterocycles. The molecule has 2 aliphatic carbocycles. The summed E-state index contributed by atoms with van der Waals surface area (Å²) in [6, 6.07) is 0. The zero-order valence-corrected chi connectivity index (χ0v) is 9.89. The smallest absolute Gasteiger partial charge is 0.303 e. The topological polar surface area (TPSA) is 66.4 Å². The highest BCUT2D eigenvalue weighted by Gasteiger charge is 2.39. The van der Waals surface area contributed by atoms with E-state index in [0.29, 0.717) is 24.8 Å². The summed E-state index contributed by atoms with van der Waals surface area (Å²) in [6.07, 6.45) is 8.08. The largest absolute Gasteiger partial charge is 0.481 e. The van der Waals surface area contributed by atoms with Gasteiger partial charge in [0, 0.05) is 18.9 Å². The van der Waals surface area contributed by atoms with Crippen LogP contribution in [0.15, 0.2) is 12.2 Å². The summed E-state index contributed by atoms with van der Waals surface area (Å²) in [6.45, 7) is 0.601. The van der Waals surface area contributed by atoms with Crippen LogP contribution in [0.3, 0.4) is 0 Å². The second-order valence-electron chi connectivity index (χ2n) is 5.03. The second kappa shape index (κ2) is 5.34. The van der Waals surface area contributed by atoms with Crippen LogP contribution in [0.25, 0.3) is 0 Å². The lowest BCUT2D eigenvalue weighted by atomic mass is 9.93. The number of hydrogen-bond acceptors (Lipinski definition) is 2. The molecule has 2 aliphatic rings. The number of carboxylic acid groups (broad SMARTS) is 1. The molecule has 2 N–H and O–H groups in total. The second-order valence-corrected chi connectivity index (χ2v) is 5.03. The molecule has 17 heavy (non-hydrogen) atoms. The fraction of sp³-hybridized carbons (Fsp3) is 0.692. The van der Waals surface area contributed by atoms with E-state index in [1.54, 1.807) is 0 Å². The summed E-state index contributed by atoms with van der Waals surface area (Å²) < 4.78 is 0. The maximum Gasteiger partial charge on any atom is 0.303 e. The highest BCUT2D eigenvalue weighted by molar-refractivity contribution is 5.79. The van der Waals surface area contributed by atoms with Gasteiger partial charge in [-0.1, -0.05) is 12.2 Å². The molecular formula is C13H19NO3. The third-order valence-corrected chi connectivity index (χ3v) is 3.73. The van der Waals surface area contributed by atoms with Gasteiger partial charge in [0.05, 0.1) is 0 Å². The molecule has 1 amide bonds. The summed E-state index contributed by atoms with van der Waals surface area (Å²) >= 11 is 0. The Balaban J connectivity index is 1.62. The average Bonchev–Trinajstić information content (AvgIpc) is 2.89. The first-order chi connectivity index (χ1) is 8.16. The number of carbonyl (C=O) groups is 2. The lowest BCUT2D eigenvalue weighted by Crippen LogP contribution is -2.33. The number of amides is 1. The number of carbonyl (C=O) groups excluding carboxylic acids is 1. The lowest BCUT2D eigenvalue weighted by molar-refractivity contribution is -0.137. The van der Waals surface area contributed by atoms with Gasteiger partial charge < -0.3 is 10.4 Å². The van der Waals surface area contributed by atoms with Gasteiger partial charge in [-0.3, -0.25) is 9.59 Å². The summed E-state index contributed by atoms with van der Waals surface area (Å²) in [4.78, 5) is 22.2. The van der Waals surface area contributed by atoms with Crippen molar-refractivity contribution in [3.63, 3.8) is 0 Å². The van der Waals surface area contributed by atoms with Gasteiger partial charge in [0.1, 0.15) is 0 Å². The molecule has 1 fully saturated rings. The average molecular weight is 237 g/mol. The van der Waals surface area contributed by atoms with E-state index in [1.807, 2.05) is 0 Å². The molecule has 0 aromatic rings. The van der Waals surface area contributed by atoms with Crippen molar-refractivity contribution in [2.75, 3.05) is 6.54 Å². The minimum atomic E-state index is -0.769. The van der Waals surface area contributed by atoms with Crippen molar-refractivity contribution >= 4 is 11.9 Å². The zero-order chi connectivity index (χ0) is 12.3. The highest BCUT2D eigenvalue weighted by atomic mass is 16.4. The SMILES string of the molecule is O=C(O)CCCCNC(=O)C1CC2C=CC1C2. The maximum absolute atomic E-state index is 11.9. The number of fused-ring (bicyclic) bond motifs is 2. The number of unbranched alkanes of at least 4 members (excludes halogenated alkanes) is 1. The quantitative estimate of drug-likeness (QED) is 0.544. The number of allylic oxidation sites excluding steroid dienone is 2. The number of rotatable bonds is 6. The van der Waals surface area contributed by atoms with E-state index in [2.05, 4.69) is 17.5 Å². The third-order valence-electron chi connectivity index (χ3n) is 3.73. The van der Waals surface area contributed by atoms with Crippen LogP contribution in [0.4, 0.5) is 0 Å². The standard InChI is InChI=1S/C13H19NO3/c15-12(16)3-1-2-6-14-13(17)11-8-9-4-5-10(11)7-9/h4-5,9-11H,1-3,6-8H2,(H,14,17)(H,15,16). The first-order valence-electron chi connectivity index (χ1n) is 6.34. The molecule has 3 atom stereocenters. The maximum atomic E-state index is 11.9. The fourth-order valence-electron chi connectivity index (χ4n) is 2.83. The van der Waals surface area contributed by atoms with Crippen LogP contribution >= 0.6 is 0 Å². The number of nitrogens with one attached hydrogen (secondary N) is 1. The molecule has 1 saturated carbocycles. The van der Waals surface area contributed by atoms with Crippen LogP contribution in [0, 0.1) is 17.8 Å². The van der Waals surface area contributed by atoms with Crippen molar-refractivity contribution in [3.8, 4) is 0 Å². The van der Waals surface area contributed by atoms with Crippen molar-refractivity contribution in [2.24, 2.45) is 17.8 Å². The van der Waals surface area contributed by atoms with Gasteiger partial charge in [0.2, 0.25) is 5.91 Å². The van der Waals surface area contributed by atoms with Crippen LogP contribution < -0.4 is 5.32 Å². The molecule has 4 heteroatoms. The van der Waals surface area contributed by atoms with Crippen LogP contribution in [-0.4, -0.2) is 23.5 Å². The molecule has 0 saturated heterocycles. The van der Waals surface area contributed by atoms with Gasteiger partial charge in [-0.05, 0) is 37.5 Å². The van der Waals surface area contributed by atoms with Crippen LogP contribution in [0.2, 0.25) is 0 Å². The van der Waals surface area contributed by atoms with Gasteiger partial charge in [-0.2, -0.15) is 0 Å². The molecule has 2 bridgehead atoms. The predicted molar refractivity (Wildman–Crippen MR) is 63.3 cm³/mol. The van der Waals surface area contributed by atoms with E-state index in [-0.39, 0.29) is 18.2 Å². The number of aliphatic carboxylic acids is 1. The zero-order valence-electron chi connectivity index (χ0n) is 9.89. The summed E-state index contributed by atoms with van der Waals surface area (Å²) in [5.74, 6) is 0.595. The van der Waals surface area contributed by atoms with E-state index in [1.165, 1.54) is 0 Å². The minimum Gasteiger partial charge on any atom is -0.481 e. The Kier molecular flexibility index (Phi) is 3.82. The Morgan fingerprint density at radius 1 is 1.24 bits per heavy atom. The molecule has 4 nitrogen and oxygen atoms in total. The molecule has 0 heterocycles. The lowest BCUT2D eigenvalue weighted by Gasteiger charge is -2.17. The van der Waals surface area contributed by atoms with Crippen molar-refractivity contribution < 1.29 is 14.7 Å². The van der Waals surface area contributed by atoms with E-state index in [4.69, 9.17) is 5.11 Å². The monoisotopic (exact) mass is 237 g/mol. The molecule has 0 aromatic carbocycles. The highest BCUT2D eigenvalue weighted by Crippen LogP contribution is 2.43. The van der Waals surface area contributed by atoms with Gasteiger partial charge >= 0.3 is 5.97 Å². The molecule has 0 radical (unpaired) electrons. The fourth-order valence-corrected chi connectivity index (χ4v) is 2.83. The Bertz CT molecular complexity index is 338. The molecule has 94 valence electrons. The van der Waals surface area contributed by atoms with Gasteiger partial charge in [0.15, 0.2) is 0 Å². The van der Waals surface area contributed by atoms with E-state index in [0.717, 1.165) is 19.3 Å². The van der Waals surface area contributed by atoms with Crippen molar-refractivity contribution in [3.05, 3.63) is 12.2 Å². The number of carboxylic acids is 1. The Labute approximate surface area is 101 Å². The summed E-state index contributed by atoms with van der Waals surface area (Å²) in [5, 5.41) is 11.4. The van der Waals surface area contributed by atoms with Crippen LogP contribution in [-0.2, 0) is 9.59 Å². The third kappa shape index (κ3) is 3.08. The van der Waals surface area contributed by atoms with Crippen LogP contribution in [0.1, 0.15) is 32.1 Å². The normalized spacial score (nSPS) is 29.5. The van der Waals surface area contributed by atoms with E-state index >= 15 is 0 Å². The van der Waals surface area contributed by atoms with Gasteiger partial charge in [-0.25, -0.2) is 0 Å². The Morgan fingerprint density at radius 3 is 2.65 bits per heavy atom. The predicted octanol–water partition coefficient (Wildman–Crippen LogP) is 1.57. The Hall–Kier alpha value is -1.32. The molecular weight excluding hydrogens is 218 g/mol. The summed E-state index contributed by atoms with van der Waals surface area (Å²) in [7, 11) is 0. The van der Waals surface area contributed by atoms with Crippen molar-refractivity contribution in [1.29, 1.82) is 0 Å². The molecule has 0 aromatic heterocycles. The van der Waals surface area contributed by atoms with Crippen molar-refractivity contribution in [2.45, 2.75) is 32.1 Å². The van der Waals surface area contributed by atoms with Crippen LogP contribution in [0.5, 0.6) is 0 Å². The first kappa shape index (κ1) is 12.1. The van der Waals surface area contributed by atoms with Gasteiger partial charge in [-0.15, -0.1) is 0 Å². The summed E-state index contributed by atoms with van der Waals surface area (Å²) in [5.41, 5.74) is 0. The van der Waals surface area contributed by atoms with E-state index < -0.39 is 5.97 Å². The van der Waals surface area contributed by atoms with Crippen molar-refractivity contribution in [1.82, 2.24) is 5.32 Å². The molecule has 2 rings (SSSR count). The van der Waals surface area contributed by atoms with E-state index in [9.17, 15) is 9.59 Å². The molecule has 0 spiro atoms. The van der Waals surface area contributed by atoms with Gasteiger partial charge in [0.25, 0.3) is 0 Å². The first-order valence-corrected chi connectivity index (χ1v) is 6.34.